The van der Waals surface area contributed by atoms with Gasteiger partial charge in [-0.1, -0.05) is 0 Å². The lowest BCUT2D eigenvalue weighted by molar-refractivity contribution is 0.0396. The number of fused-ring (bicyclic) bond motifs is 1. The number of nitrogens with zero attached hydrogens (tertiary/aromatic N) is 1. The van der Waals surface area contributed by atoms with Crippen LogP contribution in [-0.4, -0.2) is 46.9 Å². The Morgan fingerprint density at radius 1 is 1.21 bits per heavy atom. The number of aliphatic hydroxyl groups is 2. The number of carbonyl (C=O) groups excluding carboxylic acids is 1. The number of ether oxygens (including phenoxy) is 3. The van der Waals surface area contributed by atoms with E-state index in [0.717, 1.165) is 12.8 Å². The Morgan fingerprint density at radius 3 is 2.64 bits per heavy atom. The van der Waals surface area contributed by atoms with Gasteiger partial charge in [-0.25, -0.2) is 9.37 Å². The molecule has 0 amide bonds. The number of halogens is 1. The minimum absolute atomic E-state index is 0.0380. The number of Topliss-reactive ketones (excluding diaryl/α,β-unsaturated/α-hetero) is 1. The van der Waals surface area contributed by atoms with Crippen molar-refractivity contribution in [1.29, 1.82) is 0 Å². The van der Waals surface area contributed by atoms with Crippen molar-refractivity contribution in [2.45, 2.75) is 56.8 Å². The number of aliphatic hydroxyl groups excluding tert-OH is 1. The summed E-state index contributed by atoms with van der Waals surface area (Å²) in [5.74, 6) is 0.885. The Labute approximate surface area is 226 Å². The molecule has 9 heteroatoms. The van der Waals surface area contributed by atoms with E-state index in [1.807, 2.05) is 6.92 Å². The monoisotopic (exact) mass is 536 g/mol. The molecular weight excluding hydrogens is 503 g/mol. The fraction of sp³-hybridized carbons (Fsp3) is 0.400. The van der Waals surface area contributed by atoms with Crippen molar-refractivity contribution in [3.8, 4) is 28.5 Å². The lowest BCUT2D eigenvalue weighted by atomic mass is 9.88. The largest absolute Gasteiger partial charge is 0.489 e. The molecule has 0 radical (unpaired) electrons. The second kappa shape index (κ2) is 10.6. The van der Waals surface area contributed by atoms with Crippen LogP contribution in [0.4, 0.5) is 4.39 Å². The van der Waals surface area contributed by atoms with Crippen molar-refractivity contribution in [2.24, 2.45) is 5.73 Å². The number of nitrogens with two attached hydrogens (primary N) is 1. The normalized spacial score (nSPS) is 19.6. The van der Waals surface area contributed by atoms with Crippen LogP contribution >= 0.6 is 0 Å². The molecule has 0 saturated heterocycles. The van der Waals surface area contributed by atoms with Gasteiger partial charge in [0.15, 0.2) is 23.0 Å². The van der Waals surface area contributed by atoms with Crippen molar-refractivity contribution in [3.05, 3.63) is 71.2 Å². The highest BCUT2D eigenvalue weighted by atomic mass is 19.1. The number of hydrogen-bond acceptors (Lipinski definition) is 8. The van der Waals surface area contributed by atoms with Crippen molar-refractivity contribution in [2.75, 3.05) is 19.8 Å². The first-order valence-corrected chi connectivity index (χ1v) is 13.1. The standard InChI is InChI=1S/C30H33FN2O6/c1-29(32)17-38-28-22(29)16-26(33-27(28)18-3-6-20(31)7-4-18)30(2,36)12-11-23(35)19-5-10-24(39-21-8-9-21)25(15-19)37-14-13-34/h3-7,10,15-16,21,34,36H,8-9,11-14,17,32H2,1-2H3. The SMILES string of the molecule is CC1(N)COc2c1cc(C(C)(O)CCC(=O)c1ccc(OC3CC3)c(OCCO)c1)nc2-c1ccc(F)cc1. The Hall–Kier alpha value is -3.53. The third-order valence-electron chi connectivity index (χ3n) is 7.05. The Morgan fingerprint density at radius 2 is 1.95 bits per heavy atom. The molecule has 0 bridgehead atoms. The van der Waals surface area contributed by atoms with E-state index in [0.29, 0.717) is 45.3 Å². The molecule has 39 heavy (non-hydrogen) atoms. The van der Waals surface area contributed by atoms with Gasteiger partial charge < -0.3 is 30.2 Å². The van der Waals surface area contributed by atoms with Crippen LogP contribution in [0.25, 0.3) is 11.3 Å². The topological polar surface area (TPSA) is 124 Å². The Bertz CT molecular complexity index is 1370. The lowest BCUT2D eigenvalue weighted by Gasteiger charge is -2.25. The van der Waals surface area contributed by atoms with E-state index < -0.39 is 11.1 Å². The third kappa shape index (κ3) is 5.90. The molecule has 2 aromatic carbocycles. The zero-order chi connectivity index (χ0) is 27.8. The first kappa shape index (κ1) is 27.1. The van der Waals surface area contributed by atoms with E-state index in [-0.39, 0.29) is 50.4 Å². The highest BCUT2D eigenvalue weighted by Gasteiger charge is 2.38. The highest BCUT2D eigenvalue weighted by Crippen LogP contribution is 2.44. The van der Waals surface area contributed by atoms with Crippen LogP contribution in [0.2, 0.25) is 0 Å². The molecule has 2 heterocycles. The average molecular weight is 537 g/mol. The summed E-state index contributed by atoms with van der Waals surface area (Å²) in [6.07, 6.45) is 2.24. The second-order valence-corrected chi connectivity index (χ2v) is 10.7. The van der Waals surface area contributed by atoms with Gasteiger partial charge in [0.05, 0.1) is 23.9 Å². The van der Waals surface area contributed by atoms with Gasteiger partial charge in [0, 0.05) is 23.1 Å². The number of pyridine rings is 1. The van der Waals surface area contributed by atoms with E-state index >= 15 is 0 Å². The van der Waals surface area contributed by atoms with Crippen molar-refractivity contribution in [3.63, 3.8) is 0 Å². The molecule has 1 aliphatic heterocycles. The molecule has 1 aliphatic carbocycles. The van der Waals surface area contributed by atoms with Crippen LogP contribution in [0.3, 0.4) is 0 Å². The van der Waals surface area contributed by atoms with E-state index in [9.17, 15) is 14.3 Å². The summed E-state index contributed by atoms with van der Waals surface area (Å²) in [6.45, 7) is 3.60. The van der Waals surface area contributed by atoms with Crippen molar-refractivity contribution >= 4 is 5.78 Å². The number of aromatic nitrogens is 1. The molecule has 3 aromatic rings. The summed E-state index contributed by atoms with van der Waals surface area (Å²) in [5, 5.41) is 20.7. The van der Waals surface area contributed by atoms with Crippen LogP contribution < -0.4 is 19.9 Å². The van der Waals surface area contributed by atoms with E-state index in [2.05, 4.69) is 0 Å². The van der Waals surface area contributed by atoms with Crippen molar-refractivity contribution in [1.82, 2.24) is 4.98 Å². The van der Waals surface area contributed by atoms with Crippen LogP contribution in [0.15, 0.2) is 48.5 Å². The van der Waals surface area contributed by atoms with Gasteiger partial charge in [0.25, 0.3) is 0 Å². The van der Waals surface area contributed by atoms with Gasteiger partial charge in [-0.2, -0.15) is 0 Å². The molecular formula is C30H33FN2O6. The highest BCUT2D eigenvalue weighted by molar-refractivity contribution is 5.96. The van der Waals surface area contributed by atoms with Gasteiger partial charge in [-0.05, 0) is 81.6 Å². The molecule has 2 aliphatic rings. The zero-order valence-electron chi connectivity index (χ0n) is 22.1. The van der Waals surface area contributed by atoms with Gasteiger partial charge in [0.2, 0.25) is 0 Å². The third-order valence-corrected chi connectivity index (χ3v) is 7.05. The van der Waals surface area contributed by atoms with Gasteiger partial charge in [0.1, 0.15) is 30.3 Å². The summed E-state index contributed by atoms with van der Waals surface area (Å²) in [4.78, 5) is 17.9. The molecule has 5 rings (SSSR count). The molecule has 1 fully saturated rings. The summed E-state index contributed by atoms with van der Waals surface area (Å²) < 4.78 is 30.9. The summed E-state index contributed by atoms with van der Waals surface area (Å²) >= 11 is 0. The average Bonchev–Trinajstić information content (AvgIpc) is 3.68. The molecule has 2 atom stereocenters. The quantitative estimate of drug-likeness (QED) is 0.311. The maximum atomic E-state index is 13.6. The fourth-order valence-electron chi connectivity index (χ4n) is 4.52. The Balaban J connectivity index is 1.38. The first-order valence-electron chi connectivity index (χ1n) is 13.1. The van der Waals surface area contributed by atoms with Crippen LogP contribution in [0, 0.1) is 5.82 Å². The molecule has 206 valence electrons. The lowest BCUT2D eigenvalue weighted by Crippen LogP contribution is -2.35. The van der Waals surface area contributed by atoms with Gasteiger partial charge in [-0.15, -0.1) is 0 Å². The number of hydrogen-bond donors (Lipinski definition) is 3. The predicted molar refractivity (Wildman–Crippen MR) is 142 cm³/mol. The van der Waals surface area contributed by atoms with Gasteiger partial charge in [-0.3, -0.25) is 4.79 Å². The maximum Gasteiger partial charge on any atom is 0.163 e. The Kier molecular flexibility index (Phi) is 7.33. The molecule has 1 saturated carbocycles. The number of benzene rings is 2. The van der Waals surface area contributed by atoms with E-state index in [4.69, 9.17) is 30.0 Å². The summed E-state index contributed by atoms with van der Waals surface area (Å²) in [6, 6.07) is 12.6. The minimum atomic E-state index is -1.47. The number of carbonyl (C=O) groups is 1. The van der Waals surface area contributed by atoms with E-state index in [1.54, 1.807) is 43.3 Å². The predicted octanol–water partition coefficient (Wildman–Crippen LogP) is 4.24. The summed E-state index contributed by atoms with van der Waals surface area (Å²) in [5.41, 5.74) is 6.74. The van der Waals surface area contributed by atoms with Crippen molar-refractivity contribution < 1.29 is 33.6 Å². The summed E-state index contributed by atoms with van der Waals surface area (Å²) in [7, 11) is 0. The number of rotatable bonds is 11. The minimum Gasteiger partial charge on any atom is -0.489 e. The maximum absolute atomic E-state index is 13.6. The van der Waals surface area contributed by atoms with Crippen LogP contribution in [0.5, 0.6) is 17.2 Å². The smallest absolute Gasteiger partial charge is 0.163 e. The van der Waals surface area contributed by atoms with Crippen LogP contribution in [-0.2, 0) is 11.1 Å². The number of ketones is 1. The molecule has 4 N–H and O–H groups in total. The van der Waals surface area contributed by atoms with E-state index in [1.165, 1.54) is 12.1 Å². The second-order valence-electron chi connectivity index (χ2n) is 10.7. The molecule has 1 aromatic heterocycles. The van der Waals surface area contributed by atoms with Crippen LogP contribution in [0.1, 0.15) is 61.1 Å². The van der Waals surface area contributed by atoms with Gasteiger partial charge >= 0.3 is 0 Å². The molecule has 0 spiro atoms. The molecule has 2 unspecified atom stereocenters. The first-order chi connectivity index (χ1) is 18.6. The zero-order valence-corrected chi connectivity index (χ0v) is 22.1. The fourth-order valence-corrected chi connectivity index (χ4v) is 4.52. The molecule has 8 nitrogen and oxygen atoms in total.